The molecule has 0 bridgehead atoms. The topological polar surface area (TPSA) is 78.6 Å². The fourth-order valence-corrected chi connectivity index (χ4v) is 2.56. The molecule has 1 aliphatic rings. The van der Waals surface area contributed by atoms with Crippen LogP contribution in [0.15, 0.2) is 71.9 Å². The molecule has 0 N–H and O–H groups in total. The van der Waals surface area contributed by atoms with Crippen molar-refractivity contribution >= 4 is 17.9 Å². The van der Waals surface area contributed by atoms with Gasteiger partial charge in [-0.2, -0.15) is 13.9 Å². The lowest BCUT2D eigenvalue weighted by molar-refractivity contribution is -0.129. The Hall–Kier alpha value is -3.88. The van der Waals surface area contributed by atoms with Crippen molar-refractivity contribution in [3.05, 3.63) is 78.0 Å². The number of aliphatic imine (C=N–C) groups is 1. The summed E-state index contributed by atoms with van der Waals surface area (Å²) in [5, 5.41) is 4.04. The Balaban J connectivity index is 1.57. The SMILES string of the molecule is O=C1OC(c2cccc(OC(F)F)c2)=NC1=Cc1ccc(-n2cncn2)cc1. The number of nitrogens with zero attached hydrogens (tertiary/aromatic N) is 4. The fraction of sp³-hybridized carbons (Fsp3) is 0.0526. The molecule has 1 aromatic heterocycles. The Morgan fingerprint density at radius 1 is 1.14 bits per heavy atom. The second-order valence-corrected chi connectivity index (χ2v) is 5.67. The molecule has 0 radical (unpaired) electrons. The van der Waals surface area contributed by atoms with Crippen LogP contribution < -0.4 is 4.74 Å². The van der Waals surface area contributed by atoms with E-state index in [-0.39, 0.29) is 17.3 Å². The first-order valence-electron chi connectivity index (χ1n) is 8.11. The van der Waals surface area contributed by atoms with E-state index in [4.69, 9.17) is 4.74 Å². The Labute approximate surface area is 157 Å². The molecule has 4 rings (SSSR count). The number of carbonyl (C=O) groups excluding carboxylic acids is 1. The van der Waals surface area contributed by atoms with Gasteiger partial charge >= 0.3 is 12.6 Å². The van der Waals surface area contributed by atoms with Crippen LogP contribution in [0.3, 0.4) is 0 Å². The summed E-state index contributed by atoms with van der Waals surface area (Å²) in [6.07, 6.45) is 4.58. The molecule has 9 heteroatoms. The quantitative estimate of drug-likeness (QED) is 0.500. The highest BCUT2D eigenvalue weighted by molar-refractivity contribution is 6.12. The van der Waals surface area contributed by atoms with Crippen LogP contribution in [0.2, 0.25) is 0 Å². The molecule has 2 aromatic carbocycles. The summed E-state index contributed by atoms with van der Waals surface area (Å²) in [6, 6.07) is 13.0. The summed E-state index contributed by atoms with van der Waals surface area (Å²) in [7, 11) is 0. The largest absolute Gasteiger partial charge is 0.435 e. The zero-order chi connectivity index (χ0) is 19.5. The van der Waals surface area contributed by atoms with Crippen LogP contribution in [0.1, 0.15) is 11.1 Å². The first kappa shape index (κ1) is 17.5. The minimum Gasteiger partial charge on any atom is -0.435 e. The Morgan fingerprint density at radius 3 is 2.68 bits per heavy atom. The number of rotatable bonds is 5. The molecule has 0 spiro atoms. The van der Waals surface area contributed by atoms with E-state index in [2.05, 4.69) is 19.8 Å². The van der Waals surface area contributed by atoms with Crippen LogP contribution in [0, 0.1) is 0 Å². The molecule has 28 heavy (non-hydrogen) atoms. The molecular weight excluding hydrogens is 370 g/mol. The van der Waals surface area contributed by atoms with E-state index in [1.165, 1.54) is 24.5 Å². The minimum atomic E-state index is -2.95. The lowest BCUT2D eigenvalue weighted by Gasteiger charge is -2.05. The van der Waals surface area contributed by atoms with Crippen LogP contribution in [-0.2, 0) is 9.53 Å². The van der Waals surface area contributed by atoms with Crippen molar-refractivity contribution in [3.63, 3.8) is 0 Å². The van der Waals surface area contributed by atoms with Crippen LogP contribution >= 0.6 is 0 Å². The Bertz CT molecular complexity index is 1060. The number of halogens is 2. The zero-order valence-corrected chi connectivity index (χ0v) is 14.2. The molecule has 0 fully saturated rings. The summed E-state index contributed by atoms with van der Waals surface area (Å²) >= 11 is 0. The number of alkyl halides is 2. The maximum atomic E-state index is 12.4. The number of ether oxygens (including phenoxy) is 2. The van der Waals surface area contributed by atoms with Crippen molar-refractivity contribution in [1.29, 1.82) is 0 Å². The van der Waals surface area contributed by atoms with Gasteiger partial charge in [0, 0.05) is 5.56 Å². The highest BCUT2D eigenvalue weighted by Crippen LogP contribution is 2.22. The van der Waals surface area contributed by atoms with E-state index >= 15 is 0 Å². The second-order valence-electron chi connectivity index (χ2n) is 5.67. The first-order chi connectivity index (χ1) is 13.6. The molecule has 0 saturated carbocycles. The molecule has 0 atom stereocenters. The number of esters is 1. The molecule has 0 unspecified atom stereocenters. The van der Waals surface area contributed by atoms with Gasteiger partial charge in [0.05, 0.1) is 5.69 Å². The van der Waals surface area contributed by atoms with E-state index < -0.39 is 12.6 Å². The van der Waals surface area contributed by atoms with Crippen LogP contribution in [0.5, 0.6) is 5.75 Å². The van der Waals surface area contributed by atoms with E-state index in [0.29, 0.717) is 5.56 Å². The van der Waals surface area contributed by atoms with Gasteiger partial charge in [-0.25, -0.2) is 19.5 Å². The van der Waals surface area contributed by atoms with Gasteiger partial charge in [0.25, 0.3) is 0 Å². The van der Waals surface area contributed by atoms with E-state index in [0.717, 1.165) is 11.3 Å². The maximum absolute atomic E-state index is 12.4. The second kappa shape index (κ2) is 7.39. The van der Waals surface area contributed by atoms with Gasteiger partial charge in [0.2, 0.25) is 5.90 Å². The predicted octanol–water partition coefficient (Wildman–Crippen LogP) is 3.21. The van der Waals surface area contributed by atoms with Crippen molar-refractivity contribution < 1.29 is 23.0 Å². The third-order valence-corrected chi connectivity index (χ3v) is 3.81. The van der Waals surface area contributed by atoms with Crippen LogP contribution in [0.4, 0.5) is 8.78 Å². The normalized spacial score (nSPS) is 15.0. The molecule has 140 valence electrons. The summed E-state index contributed by atoms with van der Waals surface area (Å²) < 4.78 is 35.8. The van der Waals surface area contributed by atoms with E-state index in [9.17, 15) is 13.6 Å². The summed E-state index contributed by atoms with van der Waals surface area (Å²) in [5.74, 6) is -0.655. The smallest absolute Gasteiger partial charge is 0.387 e. The average molecular weight is 382 g/mol. The van der Waals surface area contributed by atoms with Gasteiger partial charge in [0.1, 0.15) is 18.4 Å². The van der Waals surface area contributed by atoms with Gasteiger partial charge in [-0.3, -0.25) is 0 Å². The minimum absolute atomic E-state index is 0.0233. The molecule has 0 aliphatic carbocycles. The number of cyclic esters (lactones) is 1. The maximum Gasteiger partial charge on any atom is 0.387 e. The molecule has 2 heterocycles. The van der Waals surface area contributed by atoms with Crippen molar-refractivity contribution in [2.45, 2.75) is 6.61 Å². The van der Waals surface area contributed by atoms with Crippen molar-refractivity contribution in [2.24, 2.45) is 4.99 Å². The van der Waals surface area contributed by atoms with Crippen molar-refractivity contribution in [3.8, 4) is 11.4 Å². The van der Waals surface area contributed by atoms with Crippen LogP contribution in [-0.4, -0.2) is 33.2 Å². The summed E-state index contributed by atoms with van der Waals surface area (Å²) in [6.45, 7) is -2.95. The lowest BCUT2D eigenvalue weighted by atomic mass is 10.2. The number of carbonyl (C=O) groups is 1. The molecule has 3 aromatic rings. The predicted molar refractivity (Wildman–Crippen MR) is 95.0 cm³/mol. The number of benzene rings is 2. The summed E-state index contributed by atoms with van der Waals surface area (Å²) in [4.78, 5) is 20.1. The molecule has 0 amide bonds. The Morgan fingerprint density at radius 2 is 1.96 bits per heavy atom. The Kier molecular flexibility index (Phi) is 4.63. The average Bonchev–Trinajstić information content (AvgIpc) is 3.33. The molecule has 7 nitrogen and oxygen atoms in total. The number of hydrogen-bond acceptors (Lipinski definition) is 6. The summed E-state index contributed by atoms with van der Waals surface area (Å²) in [5.41, 5.74) is 2.00. The van der Waals surface area contributed by atoms with E-state index in [1.807, 2.05) is 12.1 Å². The number of hydrogen-bond donors (Lipinski definition) is 0. The number of aromatic nitrogens is 3. The third-order valence-electron chi connectivity index (χ3n) is 3.81. The van der Waals surface area contributed by atoms with Gasteiger partial charge in [0.15, 0.2) is 5.70 Å². The van der Waals surface area contributed by atoms with E-state index in [1.54, 1.807) is 35.3 Å². The van der Waals surface area contributed by atoms with Gasteiger partial charge < -0.3 is 9.47 Å². The molecule has 1 aliphatic heterocycles. The third kappa shape index (κ3) is 3.78. The van der Waals surface area contributed by atoms with Crippen molar-refractivity contribution in [2.75, 3.05) is 0 Å². The monoisotopic (exact) mass is 382 g/mol. The molecular formula is C19H12F2N4O3. The fourth-order valence-electron chi connectivity index (χ4n) is 2.56. The van der Waals surface area contributed by atoms with Gasteiger partial charge in [-0.05, 0) is 42.0 Å². The first-order valence-corrected chi connectivity index (χ1v) is 8.11. The zero-order valence-electron chi connectivity index (χ0n) is 14.2. The molecule has 0 saturated heterocycles. The van der Waals surface area contributed by atoms with Gasteiger partial charge in [-0.15, -0.1) is 0 Å². The van der Waals surface area contributed by atoms with Gasteiger partial charge in [-0.1, -0.05) is 18.2 Å². The standard InChI is InChI=1S/C19H12F2N4O3/c20-19(21)27-15-3-1-2-13(9-15)17-24-16(18(26)28-17)8-12-4-6-14(7-5-12)25-11-22-10-23-25/h1-11,19H. The van der Waals surface area contributed by atoms with Crippen LogP contribution in [0.25, 0.3) is 11.8 Å². The van der Waals surface area contributed by atoms with Crippen molar-refractivity contribution in [1.82, 2.24) is 14.8 Å². The highest BCUT2D eigenvalue weighted by atomic mass is 19.3. The lowest BCUT2D eigenvalue weighted by Crippen LogP contribution is -2.07. The highest BCUT2D eigenvalue weighted by Gasteiger charge is 2.24.